The van der Waals surface area contributed by atoms with Crippen LogP contribution >= 0.6 is 0 Å². The Morgan fingerprint density at radius 2 is 2.10 bits per heavy atom. The standard InChI is InChI=1S/C9H15O/c1-3-4-5-6-7-8-9(2)10/h9H,3-6H2,1-2H3. The van der Waals surface area contributed by atoms with Crippen molar-refractivity contribution in [2.45, 2.75) is 45.6 Å². The van der Waals surface area contributed by atoms with Crippen LogP contribution in [0.25, 0.3) is 0 Å². The summed E-state index contributed by atoms with van der Waals surface area (Å²) in [6.07, 6.45) is 3.76. The average Bonchev–Trinajstić information content (AvgIpc) is 1.87. The Kier molecular flexibility index (Phi) is 6.32. The first-order valence-electron chi connectivity index (χ1n) is 3.91. The number of rotatable bonds is 3. The normalized spacial score (nSPS) is 11.9. The topological polar surface area (TPSA) is 19.9 Å². The lowest BCUT2D eigenvalue weighted by molar-refractivity contribution is 0.154. The van der Waals surface area contributed by atoms with Gasteiger partial charge in [-0.2, -0.15) is 0 Å². The van der Waals surface area contributed by atoms with Crippen LogP contribution in [0.4, 0.5) is 0 Å². The van der Waals surface area contributed by atoms with Gasteiger partial charge in [0.2, 0.25) is 0 Å². The summed E-state index contributed by atoms with van der Waals surface area (Å²) in [6.45, 7) is 3.73. The van der Waals surface area contributed by atoms with Crippen LogP contribution in [0.5, 0.6) is 0 Å². The molecule has 1 unspecified atom stereocenters. The van der Waals surface area contributed by atoms with Gasteiger partial charge in [-0.15, -0.1) is 5.92 Å². The second-order valence-corrected chi connectivity index (χ2v) is 2.42. The van der Waals surface area contributed by atoms with E-state index >= 15 is 0 Å². The van der Waals surface area contributed by atoms with Crippen molar-refractivity contribution in [3.8, 4) is 11.8 Å². The lowest BCUT2D eigenvalue weighted by Gasteiger charge is -1.88. The van der Waals surface area contributed by atoms with Crippen LogP contribution in [0.2, 0.25) is 0 Å². The van der Waals surface area contributed by atoms with Crippen molar-refractivity contribution in [2.24, 2.45) is 0 Å². The molecule has 57 valence electrons. The highest BCUT2D eigenvalue weighted by atomic mass is 16.3. The Morgan fingerprint density at radius 3 is 2.60 bits per heavy atom. The Hall–Kier alpha value is -0.480. The zero-order valence-corrected chi connectivity index (χ0v) is 6.81. The lowest BCUT2D eigenvalue weighted by atomic mass is 10.2. The van der Waals surface area contributed by atoms with Crippen molar-refractivity contribution in [3.05, 3.63) is 0 Å². The van der Waals surface area contributed by atoms with E-state index in [0.29, 0.717) is 0 Å². The summed E-state index contributed by atoms with van der Waals surface area (Å²) in [4.78, 5) is 0. The first-order valence-corrected chi connectivity index (χ1v) is 3.91. The lowest BCUT2D eigenvalue weighted by Crippen LogP contribution is -1.89. The Bertz CT molecular complexity index is 116. The van der Waals surface area contributed by atoms with Crippen LogP contribution in [-0.4, -0.2) is 6.10 Å². The smallest absolute Gasteiger partial charge is 0.150 e. The number of hydrogen-bond donors (Lipinski definition) is 0. The zero-order valence-electron chi connectivity index (χ0n) is 6.81. The fourth-order valence-electron chi connectivity index (χ4n) is 0.679. The minimum Gasteiger partial charge on any atom is -0.219 e. The first-order chi connectivity index (χ1) is 4.77. The molecule has 0 aromatic carbocycles. The van der Waals surface area contributed by atoms with Gasteiger partial charge < -0.3 is 0 Å². The molecule has 0 saturated heterocycles. The van der Waals surface area contributed by atoms with Crippen molar-refractivity contribution in [1.29, 1.82) is 0 Å². The summed E-state index contributed by atoms with van der Waals surface area (Å²) in [5.41, 5.74) is 0. The van der Waals surface area contributed by atoms with Crippen LogP contribution < -0.4 is 0 Å². The number of hydrogen-bond acceptors (Lipinski definition) is 0. The molecular weight excluding hydrogens is 124 g/mol. The molecular formula is C9H15O. The summed E-state index contributed by atoms with van der Waals surface area (Å²) >= 11 is 0. The highest BCUT2D eigenvalue weighted by molar-refractivity contribution is 5.02. The summed E-state index contributed by atoms with van der Waals surface area (Å²) in [6, 6.07) is 0. The van der Waals surface area contributed by atoms with Gasteiger partial charge in [0.15, 0.2) is 6.10 Å². The van der Waals surface area contributed by atoms with Gasteiger partial charge in [0.25, 0.3) is 0 Å². The maximum atomic E-state index is 10.4. The van der Waals surface area contributed by atoms with Crippen molar-refractivity contribution in [2.75, 3.05) is 0 Å². The summed E-state index contributed by atoms with van der Waals surface area (Å²) in [5.74, 6) is 5.46. The fraction of sp³-hybridized carbons (Fsp3) is 0.778. The zero-order chi connectivity index (χ0) is 7.82. The number of unbranched alkanes of at least 4 members (excludes halogenated alkanes) is 3. The van der Waals surface area contributed by atoms with Crippen LogP contribution in [0.3, 0.4) is 0 Å². The minimum absolute atomic E-state index is 0.707. The van der Waals surface area contributed by atoms with E-state index in [1.165, 1.54) is 12.8 Å². The molecule has 0 saturated carbocycles. The molecule has 0 N–H and O–H groups in total. The third-order valence-electron chi connectivity index (χ3n) is 1.21. The SMILES string of the molecule is CCCCCC#CC(C)[O]. The Balaban J connectivity index is 3.12. The molecule has 1 radical (unpaired) electrons. The predicted molar refractivity (Wildman–Crippen MR) is 42.1 cm³/mol. The van der Waals surface area contributed by atoms with Gasteiger partial charge in [-0.3, -0.25) is 0 Å². The largest absolute Gasteiger partial charge is 0.219 e. The van der Waals surface area contributed by atoms with Crippen molar-refractivity contribution >= 4 is 0 Å². The third kappa shape index (κ3) is 7.52. The quantitative estimate of drug-likeness (QED) is 0.422. The average molecular weight is 139 g/mol. The molecule has 0 spiro atoms. The summed E-state index contributed by atoms with van der Waals surface area (Å²) in [5, 5.41) is 10.4. The van der Waals surface area contributed by atoms with Crippen LogP contribution in [0.1, 0.15) is 39.5 Å². The van der Waals surface area contributed by atoms with E-state index in [-0.39, 0.29) is 0 Å². The summed E-state index contributed by atoms with van der Waals surface area (Å²) in [7, 11) is 0. The Morgan fingerprint density at radius 1 is 1.40 bits per heavy atom. The maximum absolute atomic E-state index is 10.4. The molecule has 0 aromatic heterocycles. The van der Waals surface area contributed by atoms with E-state index in [4.69, 9.17) is 0 Å². The maximum Gasteiger partial charge on any atom is 0.150 e. The predicted octanol–water partition coefficient (Wildman–Crippen LogP) is 2.39. The van der Waals surface area contributed by atoms with Crippen molar-refractivity contribution in [3.63, 3.8) is 0 Å². The highest BCUT2D eigenvalue weighted by Crippen LogP contribution is 1.96. The molecule has 0 rings (SSSR count). The highest BCUT2D eigenvalue weighted by Gasteiger charge is 1.85. The third-order valence-corrected chi connectivity index (χ3v) is 1.21. The van der Waals surface area contributed by atoms with Crippen LogP contribution in [0, 0.1) is 11.8 Å². The Labute approximate surface area is 63.5 Å². The van der Waals surface area contributed by atoms with Gasteiger partial charge >= 0.3 is 0 Å². The minimum atomic E-state index is -0.707. The second kappa shape index (κ2) is 6.64. The molecule has 1 heteroatoms. The fourth-order valence-corrected chi connectivity index (χ4v) is 0.679. The van der Waals surface area contributed by atoms with E-state index < -0.39 is 6.10 Å². The molecule has 1 atom stereocenters. The van der Waals surface area contributed by atoms with Gasteiger partial charge in [0, 0.05) is 6.42 Å². The molecule has 0 fully saturated rings. The first kappa shape index (κ1) is 9.52. The van der Waals surface area contributed by atoms with Crippen LogP contribution in [-0.2, 0) is 5.11 Å². The second-order valence-electron chi connectivity index (χ2n) is 2.42. The molecule has 0 bridgehead atoms. The van der Waals surface area contributed by atoms with Gasteiger partial charge in [-0.25, -0.2) is 5.11 Å². The van der Waals surface area contributed by atoms with E-state index in [1.54, 1.807) is 6.92 Å². The van der Waals surface area contributed by atoms with E-state index in [9.17, 15) is 5.11 Å². The molecule has 0 amide bonds. The molecule has 0 aliphatic carbocycles. The van der Waals surface area contributed by atoms with Crippen molar-refractivity contribution < 1.29 is 5.11 Å². The molecule has 0 aliphatic rings. The summed E-state index contributed by atoms with van der Waals surface area (Å²) < 4.78 is 0. The molecule has 0 heterocycles. The molecule has 0 aromatic rings. The van der Waals surface area contributed by atoms with E-state index in [0.717, 1.165) is 12.8 Å². The molecule has 0 aliphatic heterocycles. The monoisotopic (exact) mass is 139 g/mol. The van der Waals surface area contributed by atoms with Gasteiger partial charge in [0.05, 0.1) is 0 Å². The van der Waals surface area contributed by atoms with E-state index in [1.807, 2.05) is 0 Å². The van der Waals surface area contributed by atoms with Gasteiger partial charge in [0.1, 0.15) is 0 Å². The van der Waals surface area contributed by atoms with Crippen LogP contribution in [0.15, 0.2) is 0 Å². The van der Waals surface area contributed by atoms with Crippen molar-refractivity contribution in [1.82, 2.24) is 0 Å². The van der Waals surface area contributed by atoms with E-state index in [2.05, 4.69) is 18.8 Å². The molecule has 1 nitrogen and oxygen atoms in total. The van der Waals surface area contributed by atoms with Gasteiger partial charge in [-0.1, -0.05) is 25.7 Å². The molecule has 10 heavy (non-hydrogen) atoms. The van der Waals surface area contributed by atoms with Gasteiger partial charge in [-0.05, 0) is 13.3 Å².